The molecule has 0 unspecified atom stereocenters. The molecule has 4 atom stereocenters. The van der Waals surface area contributed by atoms with Crippen molar-refractivity contribution >= 4 is 0 Å². The van der Waals surface area contributed by atoms with Gasteiger partial charge in [-0.2, -0.15) is 0 Å². The Morgan fingerprint density at radius 3 is 2.33 bits per heavy atom. The van der Waals surface area contributed by atoms with Gasteiger partial charge >= 0.3 is 0 Å². The van der Waals surface area contributed by atoms with Crippen LogP contribution in [0, 0.1) is 5.41 Å². The zero-order chi connectivity index (χ0) is 11.9. The Morgan fingerprint density at radius 2 is 1.93 bits per heavy atom. The van der Waals surface area contributed by atoms with Crippen LogP contribution in [0.4, 0.5) is 0 Å². The van der Waals surface area contributed by atoms with Crippen LogP contribution in [-0.2, 0) is 4.74 Å². The molecule has 0 aliphatic carbocycles. The second kappa shape index (κ2) is 4.01. The molecule has 4 nitrogen and oxygen atoms in total. The summed E-state index contributed by atoms with van der Waals surface area (Å²) in [4.78, 5) is 0. The van der Waals surface area contributed by atoms with Gasteiger partial charge < -0.3 is 20.1 Å². The molecule has 1 rings (SSSR count). The largest absolute Gasteiger partial charge is 0.394 e. The van der Waals surface area contributed by atoms with Gasteiger partial charge in [-0.15, -0.1) is 0 Å². The first-order valence-electron chi connectivity index (χ1n) is 5.35. The number of rotatable bonds is 1. The first-order chi connectivity index (χ1) is 6.68. The third kappa shape index (κ3) is 2.69. The Hall–Kier alpha value is -0.160. The monoisotopic (exact) mass is 218 g/mol. The fourth-order valence-corrected chi connectivity index (χ4v) is 2.02. The maximum Gasteiger partial charge on any atom is 0.109 e. The van der Waals surface area contributed by atoms with Crippen LogP contribution in [0.25, 0.3) is 0 Å². The molecule has 15 heavy (non-hydrogen) atoms. The Balaban J connectivity index is 2.87. The molecule has 0 bridgehead atoms. The van der Waals surface area contributed by atoms with Gasteiger partial charge in [0.1, 0.15) is 6.10 Å². The van der Waals surface area contributed by atoms with Crippen molar-refractivity contribution in [1.82, 2.24) is 0 Å². The van der Waals surface area contributed by atoms with Gasteiger partial charge in [0.15, 0.2) is 0 Å². The maximum atomic E-state index is 10.0. The number of ether oxygens (including phenoxy) is 1. The van der Waals surface area contributed by atoms with Crippen molar-refractivity contribution in [2.45, 2.75) is 58.0 Å². The lowest BCUT2D eigenvalue weighted by Crippen LogP contribution is -2.60. The third-order valence-corrected chi connectivity index (χ3v) is 2.96. The maximum absolute atomic E-state index is 10.0. The molecule has 0 radical (unpaired) electrons. The van der Waals surface area contributed by atoms with E-state index >= 15 is 0 Å². The standard InChI is InChI=1S/C11H22O4/c1-10(2,3)9-8(13)11(4,14)5-7(6-12)15-9/h7-9,12-14H,5-6H2,1-4H3/t7-,8-,9+,11-/m0/s1. The van der Waals surface area contributed by atoms with Gasteiger partial charge in [0, 0.05) is 6.42 Å². The fraction of sp³-hybridized carbons (Fsp3) is 1.00. The Kier molecular flexibility index (Phi) is 3.45. The lowest BCUT2D eigenvalue weighted by Gasteiger charge is -2.47. The minimum absolute atomic E-state index is 0.130. The van der Waals surface area contributed by atoms with Crippen LogP contribution in [0.3, 0.4) is 0 Å². The molecule has 0 spiro atoms. The van der Waals surface area contributed by atoms with Gasteiger partial charge in [0.25, 0.3) is 0 Å². The van der Waals surface area contributed by atoms with Crippen molar-refractivity contribution in [3.05, 3.63) is 0 Å². The SMILES string of the molecule is CC(C)(C)[C@@H]1O[C@H](CO)C[C@](C)(O)[C@H]1O. The highest BCUT2D eigenvalue weighted by molar-refractivity contribution is 4.98. The van der Waals surface area contributed by atoms with E-state index in [1.54, 1.807) is 6.92 Å². The molecular formula is C11H22O4. The van der Waals surface area contributed by atoms with E-state index in [1.165, 1.54) is 0 Å². The van der Waals surface area contributed by atoms with E-state index in [2.05, 4.69) is 0 Å². The summed E-state index contributed by atoms with van der Waals surface area (Å²) >= 11 is 0. The Morgan fingerprint density at radius 1 is 1.40 bits per heavy atom. The highest BCUT2D eigenvalue weighted by Gasteiger charge is 2.48. The minimum Gasteiger partial charge on any atom is -0.394 e. The summed E-state index contributed by atoms with van der Waals surface area (Å²) in [6.45, 7) is 7.28. The molecule has 0 saturated carbocycles. The summed E-state index contributed by atoms with van der Waals surface area (Å²) < 4.78 is 5.59. The second-order valence-corrected chi connectivity index (χ2v) is 5.73. The summed E-state index contributed by atoms with van der Waals surface area (Å²) in [5, 5.41) is 29.1. The molecule has 3 N–H and O–H groups in total. The molecule has 1 aliphatic heterocycles. The fourth-order valence-electron chi connectivity index (χ4n) is 2.02. The summed E-state index contributed by atoms with van der Waals surface area (Å²) in [7, 11) is 0. The molecule has 90 valence electrons. The quantitative estimate of drug-likeness (QED) is 0.592. The third-order valence-electron chi connectivity index (χ3n) is 2.96. The Bertz CT molecular complexity index is 219. The second-order valence-electron chi connectivity index (χ2n) is 5.73. The lowest BCUT2D eigenvalue weighted by atomic mass is 9.76. The molecule has 1 heterocycles. The molecule has 0 aromatic carbocycles. The van der Waals surface area contributed by atoms with Crippen LogP contribution >= 0.6 is 0 Å². The molecule has 0 aromatic rings. The normalized spacial score (nSPS) is 43.0. The van der Waals surface area contributed by atoms with Crippen molar-refractivity contribution in [1.29, 1.82) is 0 Å². The summed E-state index contributed by atoms with van der Waals surface area (Å²) in [6, 6.07) is 0. The van der Waals surface area contributed by atoms with Crippen LogP contribution in [0.5, 0.6) is 0 Å². The van der Waals surface area contributed by atoms with Gasteiger partial charge in [0.05, 0.1) is 24.4 Å². The van der Waals surface area contributed by atoms with Crippen LogP contribution in [-0.4, -0.2) is 45.8 Å². The van der Waals surface area contributed by atoms with E-state index < -0.39 is 23.9 Å². The van der Waals surface area contributed by atoms with Gasteiger partial charge in [-0.05, 0) is 12.3 Å². The summed E-state index contributed by atoms with van der Waals surface area (Å²) in [6.07, 6.45) is -1.51. The van der Waals surface area contributed by atoms with Gasteiger partial charge in [-0.3, -0.25) is 0 Å². The van der Waals surface area contributed by atoms with Crippen molar-refractivity contribution in [2.24, 2.45) is 5.41 Å². The average molecular weight is 218 g/mol. The van der Waals surface area contributed by atoms with Gasteiger partial charge in [-0.1, -0.05) is 20.8 Å². The molecule has 0 amide bonds. The smallest absolute Gasteiger partial charge is 0.109 e. The Labute approximate surface area is 90.9 Å². The average Bonchev–Trinajstić information content (AvgIpc) is 2.07. The van der Waals surface area contributed by atoms with Crippen molar-refractivity contribution < 1.29 is 20.1 Å². The molecular weight excluding hydrogens is 196 g/mol. The number of aliphatic hydroxyl groups is 3. The zero-order valence-electron chi connectivity index (χ0n) is 9.90. The number of hydrogen-bond donors (Lipinski definition) is 3. The van der Waals surface area contributed by atoms with E-state index in [0.717, 1.165) is 0 Å². The van der Waals surface area contributed by atoms with Gasteiger partial charge in [0.2, 0.25) is 0 Å². The minimum atomic E-state index is -1.19. The summed E-state index contributed by atoms with van der Waals surface area (Å²) in [5.74, 6) is 0. The molecule has 1 aliphatic rings. The summed E-state index contributed by atoms with van der Waals surface area (Å²) in [5.41, 5.74) is -1.46. The molecule has 1 fully saturated rings. The van der Waals surface area contributed by atoms with E-state index in [4.69, 9.17) is 9.84 Å². The van der Waals surface area contributed by atoms with Crippen molar-refractivity contribution in [3.8, 4) is 0 Å². The van der Waals surface area contributed by atoms with E-state index in [-0.39, 0.29) is 18.4 Å². The lowest BCUT2D eigenvalue weighted by molar-refractivity contribution is -0.239. The number of aliphatic hydroxyl groups excluding tert-OH is 2. The van der Waals surface area contributed by atoms with Crippen LogP contribution in [0.15, 0.2) is 0 Å². The van der Waals surface area contributed by atoms with E-state index in [1.807, 2.05) is 20.8 Å². The zero-order valence-corrected chi connectivity index (χ0v) is 9.90. The highest BCUT2D eigenvalue weighted by Crippen LogP contribution is 2.37. The first kappa shape index (κ1) is 12.9. The van der Waals surface area contributed by atoms with E-state index in [0.29, 0.717) is 0 Å². The molecule has 1 saturated heterocycles. The van der Waals surface area contributed by atoms with Crippen LogP contribution in [0.2, 0.25) is 0 Å². The molecule has 4 heteroatoms. The van der Waals surface area contributed by atoms with Crippen LogP contribution < -0.4 is 0 Å². The predicted octanol–water partition coefficient (Wildman–Crippen LogP) is 0.294. The molecule has 0 aromatic heterocycles. The van der Waals surface area contributed by atoms with Gasteiger partial charge in [-0.25, -0.2) is 0 Å². The van der Waals surface area contributed by atoms with Crippen molar-refractivity contribution in [2.75, 3.05) is 6.61 Å². The number of hydrogen-bond acceptors (Lipinski definition) is 4. The predicted molar refractivity (Wildman–Crippen MR) is 56.4 cm³/mol. The topological polar surface area (TPSA) is 69.9 Å². The van der Waals surface area contributed by atoms with Crippen molar-refractivity contribution in [3.63, 3.8) is 0 Å². The first-order valence-corrected chi connectivity index (χ1v) is 5.35. The van der Waals surface area contributed by atoms with Crippen LogP contribution in [0.1, 0.15) is 34.1 Å². The van der Waals surface area contributed by atoms with E-state index in [9.17, 15) is 10.2 Å². The highest BCUT2D eigenvalue weighted by atomic mass is 16.5.